The number of hydrogen-bond acceptors (Lipinski definition) is 4. The van der Waals surface area contributed by atoms with E-state index in [4.69, 9.17) is 0 Å². The minimum atomic E-state index is -0.752. The van der Waals surface area contributed by atoms with Crippen LogP contribution >= 0.6 is 0 Å². The zero-order valence-corrected chi connectivity index (χ0v) is 19.1. The van der Waals surface area contributed by atoms with Crippen LogP contribution in [0, 0.1) is 5.92 Å². The highest BCUT2D eigenvalue weighted by Crippen LogP contribution is 2.44. The molecule has 2 fully saturated rings. The molecule has 0 saturated carbocycles. The van der Waals surface area contributed by atoms with Gasteiger partial charge in [-0.15, -0.1) is 0 Å². The molecular weight excluding hydrogens is 408 g/mol. The summed E-state index contributed by atoms with van der Waals surface area (Å²) in [6, 6.07) is 7.15. The molecule has 2 atom stereocenters. The summed E-state index contributed by atoms with van der Waals surface area (Å²) in [6.45, 7) is 7.03. The van der Waals surface area contributed by atoms with Gasteiger partial charge in [-0.2, -0.15) is 0 Å². The fraction of sp³-hybridized carbons (Fsp3) is 0.583. The Morgan fingerprint density at radius 2 is 1.97 bits per heavy atom. The van der Waals surface area contributed by atoms with Crippen molar-refractivity contribution < 1.29 is 19.2 Å². The zero-order chi connectivity index (χ0) is 23.0. The van der Waals surface area contributed by atoms with Crippen molar-refractivity contribution in [3.05, 3.63) is 29.8 Å². The van der Waals surface area contributed by atoms with Gasteiger partial charge < -0.3 is 15.1 Å². The highest BCUT2D eigenvalue weighted by Gasteiger charge is 2.52. The molecule has 0 unspecified atom stereocenters. The largest absolute Gasteiger partial charge is 0.351 e. The molecule has 0 spiro atoms. The number of anilines is 1. The van der Waals surface area contributed by atoms with Crippen molar-refractivity contribution in [1.29, 1.82) is 0 Å². The van der Waals surface area contributed by atoms with Crippen molar-refractivity contribution >= 4 is 29.3 Å². The average Bonchev–Trinajstić information content (AvgIpc) is 3.08. The van der Waals surface area contributed by atoms with E-state index in [0.717, 1.165) is 12.8 Å². The second kappa shape index (κ2) is 8.56. The molecule has 1 aromatic rings. The Kier molecular flexibility index (Phi) is 5.97. The standard InChI is InChI=1S/C24H32N4O4/c1-16(2)22(31)25-17-7-6-13-26(15-17)20(29)11-14-27-23(32)18-8-4-5-9-19(18)28-21(30)10-12-24(27,28)3/h4-5,8-9,16-17H,6-7,10-15H2,1-3H3,(H,25,31)/t17-,24-/m1/s1. The summed E-state index contributed by atoms with van der Waals surface area (Å²) in [6.07, 6.45) is 2.82. The monoisotopic (exact) mass is 440 g/mol. The van der Waals surface area contributed by atoms with Gasteiger partial charge in [0.1, 0.15) is 5.66 Å². The molecule has 4 rings (SSSR count). The number of rotatable bonds is 5. The number of amides is 4. The van der Waals surface area contributed by atoms with E-state index in [9.17, 15) is 19.2 Å². The van der Waals surface area contributed by atoms with Crippen molar-refractivity contribution in [1.82, 2.24) is 15.1 Å². The second-order valence-electron chi connectivity index (χ2n) is 9.51. The highest BCUT2D eigenvalue weighted by atomic mass is 16.2. The number of carbonyl (C=O) groups is 4. The van der Waals surface area contributed by atoms with E-state index >= 15 is 0 Å². The number of nitrogens with zero attached hydrogens (tertiary/aromatic N) is 3. The van der Waals surface area contributed by atoms with E-state index in [2.05, 4.69) is 5.32 Å². The van der Waals surface area contributed by atoms with Gasteiger partial charge in [-0.3, -0.25) is 24.1 Å². The third-order valence-corrected chi connectivity index (χ3v) is 6.94. The van der Waals surface area contributed by atoms with Crippen LogP contribution in [-0.2, 0) is 14.4 Å². The molecule has 32 heavy (non-hydrogen) atoms. The normalized spacial score (nSPS) is 25.1. The number of para-hydroxylation sites is 1. The molecular formula is C24H32N4O4. The summed E-state index contributed by atoms with van der Waals surface area (Å²) in [7, 11) is 0. The molecule has 1 N–H and O–H groups in total. The lowest BCUT2D eigenvalue weighted by atomic mass is 9.98. The number of piperidine rings is 1. The van der Waals surface area contributed by atoms with Gasteiger partial charge in [-0.25, -0.2) is 0 Å². The van der Waals surface area contributed by atoms with Crippen molar-refractivity contribution in [2.45, 2.75) is 64.6 Å². The maximum atomic E-state index is 13.3. The number of hydrogen-bond donors (Lipinski definition) is 1. The first kappa shape index (κ1) is 22.3. The lowest BCUT2D eigenvalue weighted by molar-refractivity contribution is -0.134. The van der Waals surface area contributed by atoms with Crippen LogP contribution in [0.25, 0.3) is 0 Å². The van der Waals surface area contributed by atoms with E-state index in [-0.39, 0.29) is 48.6 Å². The summed E-state index contributed by atoms with van der Waals surface area (Å²) in [5.74, 6) is -0.251. The van der Waals surface area contributed by atoms with Gasteiger partial charge >= 0.3 is 0 Å². The molecule has 3 aliphatic heterocycles. The summed E-state index contributed by atoms with van der Waals surface area (Å²) in [4.78, 5) is 56.2. The maximum absolute atomic E-state index is 13.3. The molecule has 0 aromatic heterocycles. The number of benzene rings is 1. The highest BCUT2D eigenvalue weighted by molar-refractivity contribution is 6.10. The minimum Gasteiger partial charge on any atom is -0.351 e. The molecule has 0 aliphatic carbocycles. The Balaban J connectivity index is 1.45. The molecule has 8 nitrogen and oxygen atoms in total. The quantitative estimate of drug-likeness (QED) is 0.760. The van der Waals surface area contributed by atoms with E-state index in [0.29, 0.717) is 37.2 Å². The first-order valence-corrected chi connectivity index (χ1v) is 11.5. The topological polar surface area (TPSA) is 90.0 Å². The lowest BCUT2D eigenvalue weighted by Crippen LogP contribution is -2.62. The summed E-state index contributed by atoms with van der Waals surface area (Å²) in [5, 5.41) is 3.03. The molecule has 0 radical (unpaired) electrons. The van der Waals surface area contributed by atoms with Gasteiger partial charge in [0.25, 0.3) is 5.91 Å². The maximum Gasteiger partial charge on any atom is 0.257 e. The number of nitrogens with one attached hydrogen (secondary N) is 1. The summed E-state index contributed by atoms with van der Waals surface area (Å²) < 4.78 is 0. The van der Waals surface area contributed by atoms with Gasteiger partial charge in [0.15, 0.2) is 0 Å². The summed E-state index contributed by atoms with van der Waals surface area (Å²) >= 11 is 0. The van der Waals surface area contributed by atoms with E-state index < -0.39 is 5.66 Å². The zero-order valence-electron chi connectivity index (χ0n) is 19.1. The average molecular weight is 441 g/mol. The number of carbonyl (C=O) groups excluding carboxylic acids is 4. The van der Waals surface area contributed by atoms with Crippen LogP contribution in [0.3, 0.4) is 0 Å². The van der Waals surface area contributed by atoms with Gasteiger partial charge in [-0.05, 0) is 38.3 Å². The molecule has 172 valence electrons. The molecule has 4 amide bonds. The van der Waals surface area contributed by atoms with Crippen LogP contribution in [0.2, 0.25) is 0 Å². The van der Waals surface area contributed by atoms with Crippen molar-refractivity contribution in [2.24, 2.45) is 5.92 Å². The molecule has 8 heteroatoms. The Morgan fingerprint density at radius 3 is 2.72 bits per heavy atom. The Hall–Kier alpha value is -2.90. The number of fused-ring (bicyclic) bond motifs is 3. The van der Waals surface area contributed by atoms with Crippen LogP contribution < -0.4 is 10.2 Å². The van der Waals surface area contributed by atoms with E-state index in [1.807, 2.05) is 32.9 Å². The van der Waals surface area contributed by atoms with Crippen molar-refractivity contribution in [3.63, 3.8) is 0 Å². The minimum absolute atomic E-state index is 0.000736. The molecule has 1 aromatic carbocycles. The smallest absolute Gasteiger partial charge is 0.257 e. The predicted octanol–water partition coefficient (Wildman–Crippen LogP) is 2.14. The Bertz CT molecular complexity index is 946. The van der Waals surface area contributed by atoms with Gasteiger partial charge in [0.05, 0.1) is 11.3 Å². The SMILES string of the molecule is CC(C)C(=O)N[C@@H]1CCCN(C(=O)CCN2C(=O)c3ccccc3N3C(=O)CC[C@]23C)C1. The van der Waals surface area contributed by atoms with Crippen LogP contribution in [0.5, 0.6) is 0 Å². The fourth-order valence-corrected chi connectivity index (χ4v) is 5.10. The van der Waals surface area contributed by atoms with E-state index in [1.54, 1.807) is 26.8 Å². The van der Waals surface area contributed by atoms with Gasteiger partial charge in [0.2, 0.25) is 17.7 Å². The van der Waals surface area contributed by atoms with Crippen LogP contribution in [0.15, 0.2) is 24.3 Å². The third kappa shape index (κ3) is 3.87. The Labute approximate surface area is 188 Å². The second-order valence-corrected chi connectivity index (χ2v) is 9.51. The summed E-state index contributed by atoms with van der Waals surface area (Å²) in [5.41, 5.74) is 0.408. The fourth-order valence-electron chi connectivity index (χ4n) is 5.10. The lowest BCUT2D eigenvalue weighted by Gasteiger charge is -2.48. The van der Waals surface area contributed by atoms with Crippen LogP contribution in [-0.4, -0.2) is 64.8 Å². The van der Waals surface area contributed by atoms with E-state index in [1.165, 1.54) is 0 Å². The molecule has 0 bridgehead atoms. The Morgan fingerprint density at radius 1 is 1.22 bits per heavy atom. The van der Waals surface area contributed by atoms with Crippen LogP contribution in [0.4, 0.5) is 5.69 Å². The first-order chi connectivity index (χ1) is 15.2. The molecule has 3 heterocycles. The molecule has 2 saturated heterocycles. The molecule has 3 aliphatic rings. The van der Waals surface area contributed by atoms with Crippen molar-refractivity contribution in [3.8, 4) is 0 Å². The number of likely N-dealkylation sites (tertiary alicyclic amines) is 1. The van der Waals surface area contributed by atoms with Crippen LogP contribution in [0.1, 0.15) is 63.2 Å². The predicted molar refractivity (Wildman–Crippen MR) is 120 cm³/mol. The van der Waals surface area contributed by atoms with Gasteiger partial charge in [-0.1, -0.05) is 26.0 Å². The van der Waals surface area contributed by atoms with Gasteiger partial charge in [0, 0.05) is 44.4 Å². The first-order valence-electron chi connectivity index (χ1n) is 11.5. The van der Waals surface area contributed by atoms with Crippen molar-refractivity contribution in [2.75, 3.05) is 24.5 Å². The third-order valence-electron chi connectivity index (χ3n) is 6.94.